The van der Waals surface area contributed by atoms with Gasteiger partial charge in [0.15, 0.2) is 5.84 Å². The molecule has 8 heteroatoms. The second kappa shape index (κ2) is 7.32. The lowest BCUT2D eigenvalue weighted by Gasteiger charge is -2.21. The van der Waals surface area contributed by atoms with E-state index >= 15 is 0 Å². The Labute approximate surface area is 168 Å². The molecule has 0 spiro atoms. The summed E-state index contributed by atoms with van der Waals surface area (Å²) >= 11 is 3.46. The third-order valence-electron chi connectivity index (χ3n) is 4.32. The van der Waals surface area contributed by atoms with Crippen LogP contribution in [0.2, 0.25) is 0 Å². The Morgan fingerprint density at radius 3 is 2.64 bits per heavy atom. The molecule has 4 rings (SSSR count). The molecule has 0 N–H and O–H groups in total. The highest BCUT2D eigenvalue weighted by molar-refractivity contribution is 9.11. The van der Waals surface area contributed by atoms with Crippen LogP contribution in [0.5, 0.6) is 0 Å². The van der Waals surface area contributed by atoms with Crippen molar-refractivity contribution >= 4 is 39.2 Å². The summed E-state index contributed by atoms with van der Waals surface area (Å²) in [6.45, 7) is 0.596. The van der Waals surface area contributed by atoms with E-state index in [4.69, 9.17) is 0 Å². The highest BCUT2D eigenvalue weighted by Crippen LogP contribution is 2.24. The predicted molar refractivity (Wildman–Crippen MR) is 110 cm³/mol. The van der Waals surface area contributed by atoms with Crippen LogP contribution < -0.4 is 0 Å². The molecule has 0 unspecified atom stereocenters. The van der Waals surface area contributed by atoms with E-state index in [-0.39, 0.29) is 11.3 Å². The van der Waals surface area contributed by atoms with Gasteiger partial charge in [-0.15, -0.1) is 0 Å². The summed E-state index contributed by atoms with van der Waals surface area (Å²) in [6.07, 6.45) is 5.65. The maximum Gasteiger partial charge on any atom is 0.279 e. The standard InChI is InChI=1S/C20H13BrN4O3/c21-15-7-10-18-22-19(17-4-2-1-3-14(17)11-24(18)12-15)23-20(26)13-5-8-16(9-6-13)25(27)28/h1-10,12H,11H2. The maximum atomic E-state index is 12.7. The number of nitrogens with zero attached hydrogens (tertiary/aromatic N) is 4. The molecule has 7 nitrogen and oxygen atoms in total. The van der Waals surface area contributed by atoms with Crippen LogP contribution in [0.3, 0.4) is 0 Å². The molecule has 2 heterocycles. The van der Waals surface area contributed by atoms with E-state index in [0.717, 1.165) is 15.6 Å². The highest BCUT2D eigenvalue weighted by Gasteiger charge is 2.22. The van der Waals surface area contributed by atoms with Crippen LogP contribution in [0.1, 0.15) is 21.5 Å². The first-order chi connectivity index (χ1) is 13.5. The molecule has 0 fully saturated rings. The zero-order valence-electron chi connectivity index (χ0n) is 14.4. The van der Waals surface area contributed by atoms with Gasteiger partial charge in [-0.2, -0.15) is 4.99 Å². The fourth-order valence-corrected chi connectivity index (χ4v) is 3.32. The van der Waals surface area contributed by atoms with Crippen molar-refractivity contribution in [1.82, 2.24) is 4.90 Å². The molecule has 1 amide bonds. The van der Waals surface area contributed by atoms with Gasteiger partial charge in [-0.3, -0.25) is 14.9 Å². The minimum atomic E-state index is -0.511. The second-order valence-corrected chi connectivity index (χ2v) is 7.06. The Hall–Kier alpha value is -3.39. The molecule has 2 aliphatic rings. The van der Waals surface area contributed by atoms with Gasteiger partial charge in [-0.1, -0.05) is 24.3 Å². The smallest absolute Gasteiger partial charge is 0.279 e. The van der Waals surface area contributed by atoms with Gasteiger partial charge in [0.2, 0.25) is 0 Å². The van der Waals surface area contributed by atoms with E-state index in [9.17, 15) is 14.9 Å². The second-order valence-electron chi connectivity index (χ2n) is 6.15. The number of halogens is 1. The number of allylic oxidation sites excluding steroid dienone is 2. The van der Waals surface area contributed by atoms with Crippen molar-refractivity contribution in [3.05, 3.63) is 98.2 Å². The SMILES string of the molecule is O=C(N=C1N=C2C=CC(Br)=CN2Cc2ccccc21)c1ccc([N+](=O)[O-])cc1. The summed E-state index contributed by atoms with van der Waals surface area (Å²) in [5.74, 6) is 0.483. The van der Waals surface area contributed by atoms with Crippen LogP contribution in [-0.2, 0) is 6.54 Å². The summed E-state index contributed by atoms with van der Waals surface area (Å²) in [5, 5.41) is 10.8. The van der Waals surface area contributed by atoms with Crippen molar-refractivity contribution in [3.8, 4) is 0 Å². The molecule has 2 aromatic carbocycles. The molecule has 28 heavy (non-hydrogen) atoms. The van der Waals surface area contributed by atoms with Crippen molar-refractivity contribution < 1.29 is 9.72 Å². The van der Waals surface area contributed by atoms with E-state index in [2.05, 4.69) is 25.9 Å². The van der Waals surface area contributed by atoms with E-state index in [1.807, 2.05) is 47.5 Å². The number of hydrogen-bond acceptors (Lipinski definition) is 4. The predicted octanol–water partition coefficient (Wildman–Crippen LogP) is 4.20. The average molecular weight is 437 g/mol. The summed E-state index contributed by atoms with van der Waals surface area (Å²) < 4.78 is 0.922. The Bertz CT molecular complexity index is 1100. The Kier molecular flexibility index (Phi) is 4.70. The topological polar surface area (TPSA) is 88.2 Å². The Balaban J connectivity index is 1.76. The molecule has 2 aromatic rings. The molecule has 0 aliphatic carbocycles. The van der Waals surface area contributed by atoms with Gasteiger partial charge in [-0.05, 0) is 45.8 Å². The van der Waals surface area contributed by atoms with Gasteiger partial charge < -0.3 is 4.90 Å². The Morgan fingerprint density at radius 2 is 1.89 bits per heavy atom. The third kappa shape index (κ3) is 3.54. The number of non-ortho nitro benzene ring substituents is 1. The van der Waals surface area contributed by atoms with E-state index in [1.54, 1.807) is 0 Å². The minimum Gasteiger partial charge on any atom is -0.327 e. The van der Waals surface area contributed by atoms with E-state index < -0.39 is 10.8 Å². The van der Waals surface area contributed by atoms with Gasteiger partial charge in [0.25, 0.3) is 11.6 Å². The number of nitro groups is 1. The number of carbonyl (C=O) groups is 1. The molecule has 138 valence electrons. The van der Waals surface area contributed by atoms with Gasteiger partial charge in [0, 0.05) is 40.5 Å². The lowest BCUT2D eigenvalue weighted by Crippen LogP contribution is -2.24. The number of nitro benzene ring substituents is 1. The first-order valence-corrected chi connectivity index (χ1v) is 9.17. The fourth-order valence-electron chi connectivity index (χ4n) is 2.94. The number of rotatable bonds is 2. The number of fused-ring (bicyclic) bond motifs is 2. The minimum absolute atomic E-state index is 0.0791. The van der Waals surface area contributed by atoms with Crippen LogP contribution in [-0.4, -0.2) is 27.4 Å². The van der Waals surface area contributed by atoms with Crippen molar-refractivity contribution in [1.29, 1.82) is 0 Å². The normalized spacial score (nSPS) is 16.6. The summed E-state index contributed by atoms with van der Waals surface area (Å²) in [6, 6.07) is 13.0. The number of amidine groups is 2. The lowest BCUT2D eigenvalue weighted by molar-refractivity contribution is -0.384. The summed E-state index contributed by atoms with van der Waals surface area (Å²) in [7, 11) is 0. The molecule has 2 aliphatic heterocycles. The van der Waals surface area contributed by atoms with Crippen molar-refractivity contribution in [2.75, 3.05) is 0 Å². The fraction of sp³-hybridized carbons (Fsp3) is 0.0500. The number of carbonyl (C=O) groups excluding carboxylic acids is 1. The van der Waals surface area contributed by atoms with Crippen molar-refractivity contribution in [3.63, 3.8) is 0 Å². The lowest BCUT2D eigenvalue weighted by atomic mass is 10.1. The van der Waals surface area contributed by atoms with E-state index in [0.29, 0.717) is 18.2 Å². The van der Waals surface area contributed by atoms with Crippen LogP contribution in [0.4, 0.5) is 5.69 Å². The molecule has 0 atom stereocenters. The van der Waals surface area contributed by atoms with Crippen LogP contribution in [0, 0.1) is 10.1 Å². The monoisotopic (exact) mass is 436 g/mol. The van der Waals surface area contributed by atoms with Crippen LogP contribution in [0.15, 0.2) is 81.4 Å². The highest BCUT2D eigenvalue weighted by atomic mass is 79.9. The van der Waals surface area contributed by atoms with Crippen molar-refractivity contribution in [2.45, 2.75) is 6.54 Å². The first kappa shape index (κ1) is 18.0. The van der Waals surface area contributed by atoms with Gasteiger partial charge >= 0.3 is 0 Å². The number of hydrogen-bond donors (Lipinski definition) is 0. The van der Waals surface area contributed by atoms with Gasteiger partial charge in [0.1, 0.15) is 5.84 Å². The summed E-state index contributed by atoms with van der Waals surface area (Å²) in [4.78, 5) is 33.7. The largest absolute Gasteiger partial charge is 0.327 e. The summed E-state index contributed by atoms with van der Waals surface area (Å²) in [5.41, 5.74) is 1.95. The van der Waals surface area contributed by atoms with Crippen molar-refractivity contribution in [2.24, 2.45) is 9.98 Å². The molecule has 0 bridgehead atoms. The van der Waals surface area contributed by atoms with E-state index in [1.165, 1.54) is 24.3 Å². The molecular formula is C20H13BrN4O3. The number of amides is 1. The average Bonchev–Trinajstić information content (AvgIpc) is 2.84. The van der Waals surface area contributed by atoms with Crippen LogP contribution in [0.25, 0.3) is 0 Å². The number of benzene rings is 2. The maximum absolute atomic E-state index is 12.7. The van der Waals surface area contributed by atoms with Gasteiger partial charge in [0.05, 0.1) is 4.92 Å². The molecular weight excluding hydrogens is 424 g/mol. The quantitative estimate of drug-likeness (QED) is 0.521. The van der Waals surface area contributed by atoms with Gasteiger partial charge in [-0.25, -0.2) is 4.99 Å². The first-order valence-electron chi connectivity index (χ1n) is 8.38. The molecule has 0 radical (unpaired) electrons. The molecule has 0 saturated heterocycles. The molecule has 0 saturated carbocycles. The van der Waals surface area contributed by atoms with Crippen LogP contribution >= 0.6 is 15.9 Å². The third-order valence-corrected chi connectivity index (χ3v) is 4.79. The number of aliphatic imine (C=N–C) groups is 2. The Morgan fingerprint density at radius 1 is 1.14 bits per heavy atom. The zero-order chi connectivity index (χ0) is 19.7. The molecule has 0 aromatic heterocycles. The zero-order valence-corrected chi connectivity index (χ0v) is 16.0.